The fourth-order valence-corrected chi connectivity index (χ4v) is 2.65. The Morgan fingerprint density at radius 3 is 2.90 bits per heavy atom. The van der Waals surface area contributed by atoms with Crippen LogP contribution in [0.5, 0.6) is 5.75 Å². The number of benzene rings is 1. The fourth-order valence-electron chi connectivity index (χ4n) is 2.65. The number of hydrazone groups is 1. The topological polar surface area (TPSA) is 50.7 Å². The summed E-state index contributed by atoms with van der Waals surface area (Å²) in [5.74, 6) is 0.920. The predicted octanol–water partition coefficient (Wildman–Crippen LogP) is 3.35. The zero-order valence-electron chi connectivity index (χ0n) is 13.2. The number of hydrogen-bond acceptors (Lipinski definition) is 3. The molecule has 21 heavy (non-hydrogen) atoms. The van der Waals surface area contributed by atoms with Crippen molar-refractivity contribution < 1.29 is 9.53 Å². The molecular weight excluding hydrogens is 264 g/mol. The van der Waals surface area contributed by atoms with Crippen molar-refractivity contribution in [3.63, 3.8) is 0 Å². The monoisotopic (exact) mass is 288 g/mol. The first-order valence-electron chi connectivity index (χ1n) is 7.69. The molecule has 0 saturated carbocycles. The number of carbonyl (C=O) groups excluding carboxylic acids is 1. The van der Waals surface area contributed by atoms with E-state index in [9.17, 15) is 4.79 Å². The van der Waals surface area contributed by atoms with Gasteiger partial charge in [0, 0.05) is 12.0 Å². The lowest BCUT2D eigenvalue weighted by Crippen LogP contribution is -2.22. The normalized spacial score (nSPS) is 15.7. The maximum absolute atomic E-state index is 11.7. The van der Waals surface area contributed by atoms with E-state index in [2.05, 4.69) is 29.6 Å². The number of unbranched alkanes of at least 4 members (excludes halogenated alkanes) is 1. The third-order valence-electron chi connectivity index (χ3n) is 3.86. The quantitative estimate of drug-likeness (QED) is 0.845. The second-order valence-electron chi connectivity index (χ2n) is 5.53. The number of nitrogens with zero attached hydrogens (tertiary/aromatic N) is 1. The van der Waals surface area contributed by atoms with E-state index in [4.69, 9.17) is 4.74 Å². The van der Waals surface area contributed by atoms with Crippen LogP contribution in [0.4, 0.5) is 0 Å². The molecule has 0 radical (unpaired) electrons. The lowest BCUT2D eigenvalue weighted by molar-refractivity contribution is -0.121. The number of fused-ring (bicyclic) bond motifs is 1. The van der Waals surface area contributed by atoms with E-state index >= 15 is 0 Å². The maximum Gasteiger partial charge on any atom is 0.240 e. The summed E-state index contributed by atoms with van der Waals surface area (Å²) in [6.07, 6.45) is 5.47. The molecule has 0 aliphatic heterocycles. The van der Waals surface area contributed by atoms with E-state index in [1.54, 1.807) is 7.11 Å². The molecule has 1 amide bonds. The molecule has 0 heterocycles. The maximum atomic E-state index is 11.7. The van der Waals surface area contributed by atoms with Gasteiger partial charge in [-0.25, -0.2) is 5.43 Å². The number of ether oxygens (including phenoxy) is 1. The second kappa shape index (κ2) is 7.25. The molecule has 114 valence electrons. The molecule has 4 heteroatoms. The van der Waals surface area contributed by atoms with Crippen molar-refractivity contribution in [2.45, 2.75) is 52.4 Å². The highest BCUT2D eigenvalue weighted by Gasteiger charge is 2.18. The highest BCUT2D eigenvalue weighted by atomic mass is 16.5. The van der Waals surface area contributed by atoms with Crippen LogP contribution in [0, 0.1) is 6.92 Å². The molecule has 0 spiro atoms. The van der Waals surface area contributed by atoms with Gasteiger partial charge in [0.25, 0.3) is 0 Å². The molecule has 0 fully saturated rings. The molecular formula is C17H24N2O2. The molecule has 0 unspecified atom stereocenters. The number of amides is 1. The Balaban J connectivity index is 2.17. The molecule has 1 N–H and O–H groups in total. The van der Waals surface area contributed by atoms with Crippen molar-refractivity contribution in [1.82, 2.24) is 5.43 Å². The molecule has 1 aromatic carbocycles. The molecule has 2 rings (SSSR count). The minimum Gasteiger partial charge on any atom is -0.496 e. The number of nitrogens with one attached hydrogen (secondary N) is 1. The zero-order chi connectivity index (χ0) is 15.2. The van der Waals surface area contributed by atoms with Crippen molar-refractivity contribution in [3.05, 3.63) is 28.8 Å². The molecule has 1 aliphatic rings. The third kappa shape index (κ3) is 3.84. The van der Waals surface area contributed by atoms with Crippen LogP contribution in [0.25, 0.3) is 0 Å². The SMILES string of the molecule is CCCCC(=O)N/N=C1/CCCc2cc(OC)c(C)cc21. The summed E-state index contributed by atoms with van der Waals surface area (Å²) in [6.45, 7) is 4.11. The van der Waals surface area contributed by atoms with Crippen LogP contribution in [0.1, 0.15) is 55.7 Å². The van der Waals surface area contributed by atoms with Crippen LogP contribution in [-0.2, 0) is 11.2 Å². The van der Waals surface area contributed by atoms with Gasteiger partial charge in [-0.1, -0.05) is 13.3 Å². The van der Waals surface area contributed by atoms with Crippen molar-refractivity contribution in [2.75, 3.05) is 7.11 Å². The Hall–Kier alpha value is -1.84. The summed E-state index contributed by atoms with van der Waals surface area (Å²) in [5, 5.41) is 4.35. The van der Waals surface area contributed by atoms with E-state index in [1.807, 2.05) is 6.92 Å². The van der Waals surface area contributed by atoms with E-state index in [-0.39, 0.29) is 5.91 Å². The lowest BCUT2D eigenvalue weighted by atomic mass is 9.88. The number of aryl methyl sites for hydroxylation is 2. The summed E-state index contributed by atoms with van der Waals surface area (Å²) in [4.78, 5) is 11.7. The first-order valence-corrected chi connectivity index (χ1v) is 7.69. The first kappa shape index (κ1) is 15.5. The van der Waals surface area contributed by atoms with Crippen molar-refractivity contribution in [2.24, 2.45) is 5.10 Å². The van der Waals surface area contributed by atoms with Crippen molar-refractivity contribution in [3.8, 4) is 5.75 Å². The van der Waals surface area contributed by atoms with E-state index in [1.165, 1.54) is 5.56 Å². The largest absolute Gasteiger partial charge is 0.496 e. The van der Waals surface area contributed by atoms with Crippen LogP contribution in [-0.4, -0.2) is 18.7 Å². The van der Waals surface area contributed by atoms with Gasteiger partial charge in [0.05, 0.1) is 12.8 Å². The summed E-state index contributed by atoms with van der Waals surface area (Å²) < 4.78 is 5.38. The number of methoxy groups -OCH3 is 1. The van der Waals surface area contributed by atoms with Gasteiger partial charge in [0.1, 0.15) is 5.75 Å². The smallest absolute Gasteiger partial charge is 0.240 e. The second-order valence-corrected chi connectivity index (χ2v) is 5.53. The average Bonchev–Trinajstić information content (AvgIpc) is 2.50. The van der Waals surface area contributed by atoms with E-state index in [0.717, 1.165) is 54.7 Å². The number of hydrogen-bond donors (Lipinski definition) is 1. The van der Waals surface area contributed by atoms with Gasteiger partial charge in [0.2, 0.25) is 5.91 Å². The van der Waals surface area contributed by atoms with Crippen molar-refractivity contribution >= 4 is 11.6 Å². The Morgan fingerprint density at radius 2 is 2.19 bits per heavy atom. The van der Waals surface area contributed by atoms with Gasteiger partial charge >= 0.3 is 0 Å². The molecule has 1 aromatic rings. The highest BCUT2D eigenvalue weighted by Crippen LogP contribution is 2.28. The average molecular weight is 288 g/mol. The van der Waals surface area contributed by atoms with Crippen LogP contribution in [0.3, 0.4) is 0 Å². The van der Waals surface area contributed by atoms with Gasteiger partial charge in [-0.05, 0) is 55.9 Å². The standard InChI is InChI=1S/C17H24N2O2/c1-4-5-9-17(20)19-18-15-8-6-7-13-11-16(21-3)12(2)10-14(13)15/h10-11H,4-9H2,1-3H3,(H,19,20)/b18-15-. The number of carbonyl (C=O) groups is 1. The molecule has 0 saturated heterocycles. The highest BCUT2D eigenvalue weighted by molar-refractivity contribution is 6.03. The minimum atomic E-state index is 0.00158. The molecule has 0 atom stereocenters. The van der Waals surface area contributed by atoms with Gasteiger partial charge in [-0.2, -0.15) is 5.10 Å². The first-order chi connectivity index (χ1) is 10.2. The summed E-state index contributed by atoms with van der Waals surface area (Å²) in [5.41, 5.74) is 7.18. The summed E-state index contributed by atoms with van der Waals surface area (Å²) >= 11 is 0. The Labute approximate surface area is 126 Å². The van der Waals surface area contributed by atoms with E-state index in [0.29, 0.717) is 6.42 Å². The van der Waals surface area contributed by atoms with Gasteiger partial charge in [0.15, 0.2) is 0 Å². The van der Waals surface area contributed by atoms with Crippen molar-refractivity contribution in [1.29, 1.82) is 0 Å². The van der Waals surface area contributed by atoms with Gasteiger partial charge in [-0.15, -0.1) is 0 Å². The van der Waals surface area contributed by atoms with Crippen LogP contribution >= 0.6 is 0 Å². The Morgan fingerprint density at radius 1 is 1.38 bits per heavy atom. The lowest BCUT2D eigenvalue weighted by Gasteiger charge is -2.20. The molecule has 0 aromatic heterocycles. The van der Waals surface area contributed by atoms with Gasteiger partial charge in [-0.3, -0.25) is 4.79 Å². The third-order valence-corrected chi connectivity index (χ3v) is 3.86. The molecule has 1 aliphatic carbocycles. The summed E-state index contributed by atoms with van der Waals surface area (Å²) in [7, 11) is 1.69. The van der Waals surface area contributed by atoms with Crippen LogP contribution in [0.15, 0.2) is 17.2 Å². The molecule has 0 bridgehead atoms. The Kier molecular flexibility index (Phi) is 5.37. The Bertz CT molecular complexity index is 550. The fraction of sp³-hybridized carbons (Fsp3) is 0.529. The number of rotatable bonds is 5. The predicted molar refractivity (Wildman–Crippen MR) is 84.9 cm³/mol. The van der Waals surface area contributed by atoms with Crippen LogP contribution < -0.4 is 10.2 Å². The summed E-state index contributed by atoms with van der Waals surface area (Å²) in [6, 6.07) is 4.21. The van der Waals surface area contributed by atoms with E-state index < -0.39 is 0 Å². The molecule has 4 nitrogen and oxygen atoms in total. The van der Waals surface area contributed by atoms with Crippen LogP contribution in [0.2, 0.25) is 0 Å². The van der Waals surface area contributed by atoms with Gasteiger partial charge < -0.3 is 4.74 Å². The minimum absolute atomic E-state index is 0.00158. The zero-order valence-corrected chi connectivity index (χ0v) is 13.2.